The summed E-state index contributed by atoms with van der Waals surface area (Å²) < 4.78 is 0. The summed E-state index contributed by atoms with van der Waals surface area (Å²) in [5.41, 5.74) is 1.19. The Kier molecular flexibility index (Phi) is 3.32. The van der Waals surface area contributed by atoms with E-state index >= 15 is 0 Å². The molecule has 1 unspecified atom stereocenters. The molecule has 1 aliphatic heterocycles. The van der Waals surface area contributed by atoms with Crippen LogP contribution in [0.2, 0.25) is 0 Å². The molecule has 1 atom stereocenters. The summed E-state index contributed by atoms with van der Waals surface area (Å²) in [6.45, 7) is 4.55. The molecule has 0 aromatic heterocycles. The number of hydrogen-bond acceptors (Lipinski definition) is 3. The van der Waals surface area contributed by atoms with Crippen molar-refractivity contribution >= 4 is 11.6 Å². The lowest BCUT2D eigenvalue weighted by molar-refractivity contribution is -0.384. The van der Waals surface area contributed by atoms with E-state index in [0.717, 1.165) is 24.9 Å². The van der Waals surface area contributed by atoms with Gasteiger partial charge in [0.1, 0.15) is 0 Å². The Morgan fingerprint density at radius 2 is 2.22 bits per heavy atom. The molecule has 2 rings (SSSR count). The lowest BCUT2D eigenvalue weighted by atomic mass is 10.1. The first-order valence-electron chi connectivity index (χ1n) is 6.06. The molecule has 0 spiro atoms. The van der Waals surface area contributed by atoms with E-state index in [1.54, 1.807) is 17.9 Å². The van der Waals surface area contributed by atoms with Gasteiger partial charge in [0.15, 0.2) is 0 Å². The second-order valence-electron chi connectivity index (χ2n) is 4.75. The summed E-state index contributed by atoms with van der Waals surface area (Å²) in [6, 6.07) is 4.66. The number of aryl methyl sites for hydroxylation is 1. The summed E-state index contributed by atoms with van der Waals surface area (Å²) in [4.78, 5) is 24.4. The Balaban J connectivity index is 2.34. The molecule has 5 nitrogen and oxygen atoms in total. The van der Waals surface area contributed by atoms with Crippen LogP contribution in [0.1, 0.15) is 35.7 Å². The molecule has 0 aliphatic carbocycles. The van der Waals surface area contributed by atoms with Crippen LogP contribution in [-0.2, 0) is 0 Å². The van der Waals surface area contributed by atoms with Crippen molar-refractivity contribution in [3.05, 3.63) is 39.4 Å². The van der Waals surface area contributed by atoms with Gasteiger partial charge < -0.3 is 4.90 Å². The zero-order valence-corrected chi connectivity index (χ0v) is 10.5. The molecule has 1 fully saturated rings. The smallest absolute Gasteiger partial charge is 0.270 e. The van der Waals surface area contributed by atoms with Gasteiger partial charge in [-0.25, -0.2) is 0 Å². The Morgan fingerprint density at radius 3 is 2.78 bits per heavy atom. The van der Waals surface area contributed by atoms with Crippen LogP contribution in [0.5, 0.6) is 0 Å². The van der Waals surface area contributed by atoms with Crippen LogP contribution in [0.15, 0.2) is 18.2 Å². The van der Waals surface area contributed by atoms with Gasteiger partial charge >= 0.3 is 0 Å². The topological polar surface area (TPSA) is 63.5 Å². The fraction of sp³-hybridized carbons (Fsp3) is 0.462. The molecule has 1 heterocycles. The third-order valence-corrected chi connectivity index (χ3v) is 3.48. The number of carbonyl (C=O) groups excluding carboxylic acids is 1. The average molecular weight is 248 g/mol. The van der Waals surface area contributed by atoms with Crippen molar-refractivity contribution in [1.82, 2.24) is 4.90 Å². The van der Waals surface area contributed by atoms with E-state index in [-0.39, 0.29) is 17.6 Å². The normalized spacial score (nSPS) is 19.0. The molecule has 1 aromatic rings. The van der Waals surface area contributed by atoms with Gasteiger partial charge in [-0.05, 0) is 32.3 Å². The predicted molar refractivity (Wildman–Crippen MR) is 67.6 cm³/mol. The van der Waals surface area contributed by atoms with Gasteiger partial charge in [-0.2, -0.15) is 0 Å². The number of carbonyl (C=O) groups is 1. The number of non-ortho nitro benzene ring substituents is 1. The lowest BCUT2D eigenvalue weighted by Crippen LogP contribution is -2.34. The zero-order chi connectivity index (χ0) is 13.3. The first-order chi connectivity index (χ1) is 8.50. The molecule has 1 amide bonds. The number of amides is 1. The van der Waals surface area contributed by atoms with Crippen molar-refractivity contribution in [2.24, 2.45) is 0 Å². The van der Waals surface area contributed by atoms with Gasteiger partial charge in [0.25, 0.3) is 11.6 Å². The van der Waals surface area contributed by atoms with E-state index in [0.29, 0.717) is 5.56 Å². The highest BCUT2D eigenvalue weighted by molar-refractivity contribution is 5.96. The molecule has 1 aliphatic rings. The first kappa shape index (κ1) is 12.5. The molecular weight excluding hydrogens is 232 g/mol. The minimum absolute atomic E-state index is 0.0317. The number of nitro groups is 1. The molecule has 5 heteroatoms. The maximum atomic E-state index is 12.4. The second-order valence-corrected chi connectivity index (χ2v) is 4.75. The predicted octanol–water partition coefficient (Wildman–Crippen LogP) is 2.53. The summed E-state index contributed by atoms with van der Waals surface area (Å²) in [6.07, 6.45) is 2.00. The quantitative estimate of drug-likeness (QED) is 0.596. The summed E-state index contributed by atoms with van der Waals surface area (Å²) in [7, 11) is 0. The van der Waals surface area contributed by atoms with E-state index in [1.807, 2.05) is 6.92 Å². The Morgan fingerprint density at radius 1 is 1.50 bits per heavy atom. The van der Waals surface area contributed by atoms with E-state index < -0.39 is 4.92 Å². The maximum absolute atomic E-state index is 12.4. The van der Waals surface area contributed by atoms with E-state index in [2.05, 4.69) is 0 Å². The van der Waals surface area contributed by atoms with Gasteiger partial charge in [0.2, 0.25) is 0 Å². The van der Waals surface area contributed by atoms with Crippen molar-refractivity contribution < 1.29 is 9.72 Å². The lowest BCUT2D eigenvalue weighted by Gasteiger charge is -2.22. The molecule has 1 saturated heterocycles. The Labute approximate surface area is 106 Å². The maximum Gasteiger partial charge on any atom is 0.270 e. The fourth-order valence-corrected chi connectivity index (χ4v) is 2.34. The molecule has 18 heavy (non-hydrogen) atoms. The van der Waals surface area contributed by atoms with Crippen LogP contribution in [0.4, 0.5) is 5.69 Å². The number of rotatable bonds is 2. The summed E-state index contributed by atoms with van der Waals surface area (Å²) >= 11 is 0. The van der Waals surface area contributed by atoms with Gasteiger partial charge in [-0.15, -0.1) is 0 Å². The Hall–Kier alpha value is -1.91. The molecule has 0 radical (unpaired) electrons. The van der Waals surface area contributed by atoms with Crippen molar-refractivity contribution in [3.8, 4) is 0 Å². The summed E-state index contributed by atoms with van der Waals surface area (Å²) in [5.74, 6) is -0.0961. The van der Waals surface area contributed by atoms with E-state index in [9.17, 15) is 14.9 Å². The van der Waals surface area contributed by atoms with Crippen LogP contribution < -0.4 is 0 Å². The van der Waals surface area contributed by atoms with Gasteiger partial charge in [0.05, 0.1) is 4.92 Å². The van der Waals surface area contributed by atoms with Crippen molar-refractivity contribution in [2.45, 2.75) is 32.7 Å². The van der Waals surface area contributed by atoms with Crippen LogP contribution in [0, 0.1) is 17.0 Å². The minimum Gasteiger partial charge on any atom is -0.336 e. The third kappa shape index (κ3) is 2.20. The minimum atomic E-state index is -0.469. The van der Waals surface area contributed by atoms with Crippen LogP contribution in [-0.4, -0.2) is 28.3 Å². The number of likely N-dealkylation sites (tertiary alicyclic amines) is 1. The zero-order valence-electron chi connectivity index (χ0n) is 10.5. The highest BCUT2D eigenvalue weighted by atomic mass is 16.6. The van der Waals surface area contributed by atoms with Gasteiger partial charge in [-0.1, -0.05) is 6.07 Å². The molecular formula is C13H16N2O3. The fourth-order valence-electron chi connectivity index (χ4n) is 2.34. The third-order valence-electron chi connectivity index (χ3n) is 3.48. The van der Waals surface area contributed by atoms with Gasteiger partial charge in [0, 0.05) is 30.3 Å². The highest BCUT2D eigenvalue weighted by Gasteiger charge is 2.27. The number of nitro benzene ring substituents is 1. The number of hydrogen-bond donors (Lipinski definition) is 0. The van der Waals surface area contributed by atoms with Crippen LogP contribution in [0.3, 0.4) is 0 Å². The van der Waals surface area contributed by atoms with Crippen molar-refractivity contribution in [2.75, 3.05) is 6.54 Å². The standard InChI is InChI=1S/C13H16N2O3/c1-9-5-6-11(15(17)18)8-12(9)13(16)14-7-3-4-10(14)2/h5-6,8,10H,3-4,7H2,1-2H3. The van der Waals surface area contributed by atoms with E-state index in [4.69, 9.17) is 0 Å². The molecule has 96 valence electrons. The van der Waals surface area contributed by atoms with Gasteiger partial charge in [-0.3, -0.25) is 14.9 Å². The monoisotopic (exact) mass is 248 g/mol. The molecule has 1 aromatic carbocycles. The first-order valence-corrected chi connectivity index (χ1v) is 6.06. The second kappa shape index (κ2) is 4.76. The Bertz CT molecular complexity index is 499. The van der Waals surface area contributed by atoms with E-state index in [1.165, 1.54) is 12.1 Å². The van der Waals surface area contributed by atoms with Crippen LogP contribution >= 0.6 is 0 Å². The van der Waals surface area contributed by atoms with Crippen molar-refractivity contribution in [1.29, 1.82) is 0 Å². The average Bonchev–Trinajstić information content (AvgIpc) is 2.75. The largest absolute Gasteiger partial charge is 0.336 e. The molecule has 0 N–H and O–H groups in total. The van der Waals surface area contributed by atoms with Crippen molar-refractivity contribution in [3.63, 3.8) is 0 Å². The molecule has 0 bridgehead atoms. The number of benzene rings is 1. The number of nitrogens with zero attached hydrogens (tertiary/aromatic N) is 2. The highest BCUT2D eigenvalue weighted by Crippen LogP contribution is 2.23. The van der Waals surface area contributed by atoms with Crippen LogP contribution in [0.25, 0.3) is 0 Å². The molecule has 0 saturated carbocycles. The summed E-state index contributed by atoms with van der Waals surface area (Å²) in [5, 5.41) is 10.8. The SMILES string of the molecule is Cc1ccc([N+](=O)[O-])cc1C(=O)N1CCCC1C.